The van der Waals surface area contributed by atoms with Crippen molar-refractivity contribution < 1.29 is 19.1 Å². The smallest absolute Gasteiger partial charge is 0.338 e. The first kappa shape index (κ1) is 12.0. The van der Waals surface area contributed by atoms with Gasteiger partial charge in [-0.05, 0) is 23.3 Å². The topological polar surface area (TPSA) is 54.4 Å². The van der Waals surface area contributed by atoms with E-state index >= 15 is 0 Å². The number of hydrogen-bond donors (Lipinski definition) is 1. The molecule has 2 rings (SSSR count). The second-order valence-corrected chi connectivity index (χ2v) is 3.70. The van der Waals surface area contributed by atoms with E-state index in [9.17, 15) is 14.0 Å². The molecule has 1 N–H and O–H groups in total. The van der Waals surface area contributed by atoms with Gasteiger partial charge in [-0.1, -0.05) is 30.3 Å². The largest absolute Gasteiger partial charge is 0.478 e. The molecule has 4 heteroatoms. The van der Waals surface area contributed by atoms with E-state index < -0.39 is 17.3 Å². The molecule has 2 aromatic carbocycles. The predicted molar refractivity (Wildman–Crippen MR) is 64.2 cm³/mol. The molecule has 0 unspecified atom stereocenters. The quantitative estimate of drug-likeness (QED) is 0.844. The van der Waals surface area contributed by atoms with E-state index in [4.69, 9.17) is 5.11 Å². The first-order valence-corrected chi connectivity index (χ1v) is 5.21. The van der Waals surface area contributed by atoms with Crippen molar-refractivity contribution in [2.24, 2.45) is 0 Å². The van der Waals surface area contributed by atoms with E-state index in [0.29, 0.717) is 23.0 Å². The highest BCUT2D eigenvalue weighted by atomic mass is 19.1. The van der Waals surface area contributed by atoms with Crippen molar-refractivity contribution in [1.82, 2.24) is 0 Å². The average Bonchev–Trinajstić information content (AvgIpc) is 2.39. The summed E-state index contributed by atoms with van der Waals surface area (Å²) in [5, 5.41) is 8.85. The molecule has 0 aliphatic heterocycles. The first-order valence-electron chi connectivity index (χ1n) is 5.21. The van der Waals surface area contributed by atoms with Crippen LogP contribution in [0.1, 0.15) is 20.7 Å². The van der Waals surface area contributed by atoms with Crippen LogP contribution in [-0.4, -0.2) is 17.4 Å². The van der Waals surface area contributed by atoms with E-state index in [1.54, 1.807) is 24.3 Å². The van der Waals surface area contributed by atoms with Crippen LogP contribution in [0.15, 0.2) is 42.5 Å². The molecule has 0 fully saturated rings. The Balaban J connectivity index is 2.61. The van der Waals surface area contributed by atoms with Gasteiger partial charge < -0.3 is 5.11 Å². The fraction of sp³-hybridized carbons (Fsp3) is 0. The molecule has 0 amide bonds. The summed E-state index contributed by atoms with van der Waals surface area (Å²) in [6.45, 7) is 0. The molecular formula is C14H9FO3. The van der Waals surface area contributed by atoms with E-state index in [2.05, 4.69) is 0 Å². The van der Waals surface area contributed by atoms with Gasteiger partial charge in [0.2, 0.25) is 0 Å². The van der Waals surface area contributed by atoms with Crippen LogP contribution < -0.4 is 0 Å². The van der Waals surface area contributed by atoms with Crippen LogP contribution in [0.25, 0.3) is 11.1 Å². The van der Waals surface area contributed by atoms with Crippen molar-refractivity contribution in [2.45, 2.75) is 0 Å². The number of aldehydes is 1. The number of benzene rings is 2. The first-order chi connectivity index (χ1) is 8.63. The molecule has 0 radical (unpaired) electrons. The van der Waals surface area contributed by atoms with Gasteiger partial charge in [-0.15, -0.1) is 0 Å². The molecule has 0 heterocycles. The second-order valence-electron chi connectivity index (χ2n) is 3.70. The van der Waals surface area contributed by atoms with E-state index in [-0.39, 0.29) is 0 Å². The zero-order chi connectivity index (χ0) is 13.1. The standard InChI is InChI=1S/C14H9FO3/c15-13-6-5-9(7-12(13)14(17)18)11-4-2-1-3-10(11)8-16/h1-8H,(H,17,18). The van der Waals surface area contributed by atoms with Gasteiger partial charge >= 0.3 is 5.97 Å². The van der Waals surface area contributed by atoms with Crippen molar-refractivity contribution >= 4 is 12.3 Å². The van der Waals surface area contributed by atoms with Crippen molar-refractivity contribution in [3.05, 3.63) is 59.4 Å². The molecule has 18 heavy (non-hydrogen) atoms. The fourth-order valence-corrected chi connectivity index (χ4v) is 1.72. The normalized spacial score (nSPS) is 10.1. The Morgan fingerprint density at radius 3 is 2.56 bits per heavy atom. The molecule has 0 aliphatic carbocycles. The van der Waals surface area contributed by atoms with Crippen LogP contribution in [-0.2, 0) is 0 Å². The molecule has 0 saturated carbocycles. The Morgan fingerprint density at radius 2 is 1.89 bits per heavy atom. The molecule has 0 atom stereocenters. The van der Waals surface area contributed by atoms with Crippen LogP contribution in [0.3, 0.4) is 0 Å². The van der Waals surface area contributed by atoms with Gasteiger partial charge in [0.1, 0.15) is 5.82 Å². The van der Waals surface area contributed by atoms with Gasteiger partial charge in [0.05, 0.1) is 5.56 Å². The summed E-state index contributed by atoms with van der Waals surface area (Å²) in [5.41, 5.74) is 1.10. The molecule has 0 aliphatic rings. The summed E-state index contributed by atoms with van der Waals surface area (Å²) in [4.78, 5) is 21.7. The molecule has 3 nitrogen and oxygen atoms in total. The highest BCUT2D eigenvalue weighted by Gasteiger charge is 2.12. The van der Waals surface area contributed by atoms with Crippen molar-refractivity contribution in [1.29, 1.82) is 0 Å². The lowest BCUT2D eigenvalue weighted by atomic mass is 9.98. The number of carboxylic acid groups (broad SMARTS) is 1. The van der Waals surface area contributed by atoms with Gasteiger partial charge in [-0.2, -0.15) is 0 Å². The summed E-state index contributed by atoms with van der Waals surface area (Å²) in [5.74, 6) is -2.13. The minimum absolute atomic E-state index is 0.409. The summed E-state index contributed by atoms with van der Waals surface area (Å²) in [6.07, 6.45) is 0.680. The maximum atomic E-state index is 13.3. The minimum atomic E-state index is -1.34. The molecule has 90 valence electrons. The lowest BCUT2D eigenvalue weighted by molar-refractivity contribution is 0.0692. The van der Waals surface area contributed by atoms with Crippen LogP contribution >= 0.6 is 0 Å². The molecular weight excluding hydrogens is 235 g/mol. The minimum Gasteiger partial charge on any atom is -0.478 e. The maximum Gasteiger partial charge on any atom is 0.338 e. The number of halogens is 1. The highest BCUT2D eigenvalue weighted by Crippen LogP contribution is 2.24. The van der Waals surface area contributed by atoms with Gasteiger partial charge in [0, 0.05) is 5.56 Å². The molecule has 0 spiro atoms. The monoisotopic (exact) mass is 244 g/mol. The van der Waals surface area contributed by atoms with Crippen molar-refractivity contribution in [2.75, 3.05) is 0 Å². The Hall–Kier alpha value is -2.49. The van der Waals surface area contributed by atoms with Crippen LogP contribution in [0, 0.1) is 5.82 Å². The highest BCUT2D eigenvalue weighted by molar-refractivity contribution is 5.92. The number of carbonyl (C=O) groups is 2. The van der Waals surface area contributed by atoms with Gasteiger partial charge in [0.25, 0.3) is 0 Å². The summed E-state index contributed by atoms with van der Waals surface area (Å²) in [6, 6.07) is 10.5. The summed E-state index contributed by atoms with van der Waals surface area (Å²) >= 11 is 0. The number of rotatable bonds is 3. The van der Waals surface area contributed by atoms with E-state index in [0.717, 1.165) is 6.07 Å². The van der Waals surface area contributed by atoms with Crippen molar-refractivity contribution in [3.63, 3.8) is 0 Å². The number of aromatic carboxylic acids is 1. The maximum absolute atomic E-state index is 13.3. The lowest BCUT2D eigenvalue weighted by Crippen LogP contribution is -2.01. The van der Waals surface area contributed by atoms with Crippen molar-refractivity contribution in [3.8, 4) is 11.1 Å². The summed E-state index contributed by atoms with van der Waals surface area (Å²) < 4.78 is 13.3. The number of carbonyl (C=O) groups excluding carboxylic acids is 1. The third-order valence-electron chi connectivity index (χ3n) is 2.60. The van der Waals surface area contributed by atoms with Gasteiger partial charge in [-0.25, -0.2) is 9.18 Å². The SMILES string of the molecule is O=Cc1ccccc1-c1ccc(F)c(C(=O)O)c1. The third-order valence-corrected chi connectivity index (χ3v) is 2.60. The molecule has 0 saturated heterocycles. The van der Waals surface area contributed by atoms with E-state index in [1.165, 1.54) is 12.1 Å². The zero-order valence-electron chi connectivity index (χ0n) is 9.26. The fourth-order valence-electron chi connectivity index (χ4n) is 1.72. The molecule has 0 aromatic heterocycles. The number of hydrogen-bond acceptors (Lipinski definition) is 2. The predicted octanol–water partition coefficient (Wildman–Crippen LogP) is 3.00. The van der Waals surface area contributed by atoms with Crippen LogP contribution in [0.4, 0.5) is 4.39 Å². The Kier molecular flexibility index (Phi) is 3.19. The molecule has 0 bridgehead atoms. The van der Waals surface area contributed by atoms with Gasteiger partial charge in [-0.3, -0.25) is 4.79 Å². The molecule has 2 aromatic rings. The summed E-state index contributed by atoms with van der Waals surface area (Å²) in [7, 11) is 0. The van der Waals surface area contributed by atoms with E-state index in [1.807, 2.05) is 0 Å². The average molecular weight is 244 g/mol. The third kappa shape index (κ3) is 2.13. The Bertz CT molecular complexity index is 620. The van der Waals surface area contributed by atoms with Gasteiger partial charge in [0.15, 0.2) is 6.29 Å². The number of carboxylic acids is 1. The van der Waals surface area contributed by atoms with Crippen LogP contribution in [0.2, 0.25) is 0 Å². The Morgan fingerprint density at radius 1 is 1.17 bits per heavy atom. The van der Waals surface area contributed by atoms with Crippen LogP contribution in [0.5, 0.6) is 0 Å². The zero-order valence-corrected chi connectivity index (χ0v) is 9.26. The lowest BCUT2D eigenvalue weighted by Gasteiger charge is -2.06. The Labute approximate surface area is 103 Å². The second kappa shape index (κ2) is 4.79.